The first-order valence-corrected chi connectivity index (χ1v) is 9.77. The molecule has 2 aromatic rings. The Hall–Kier alpha value is -3.11. The number of thioether (sulfide) groups is 1. The number of carbonyl (C=O) groups is 2. The quantitative estimate of drug-likeness (QED) is 0.409. The summed E-state index contributed by atoms with van der Waals surface area (Å²) in [6.07, 6.45) is 3.30. The summed E-state index contributed by atoms with van der Waals surface area (Å²) in [5, 5.41) is 18.1. The van der Waals surface area contributed by atoms with Gasteiger partial charge in [-0.25, -0.2) is 9.48 Å². The van der Waals surface area contributed by atoms with Crippen molar-refractivity contribution < 1.29 is 24.2 Å². The van der Waals surface area contributed by atoms with Crippen LogP contribution in [0.4, 0.5) is 0 Å². The molecule has 0 spiro atoms. The molecule has 3 heterocycles. The first-order chi connectivity index (χ1) is 14.1. The van der Waals surface area contributed by atoms with Gasteiger partial charge < -0.3 is 14.6 Å². The lowest BCUT2D eigenvalue weighted by Crippen LogP contribution is -2.51. The molecule has 1 N–H and O–H groups in total. The van der Waals surface area contributed by atoms with Crippen molar-refractivity contribution in [3.8, 4) is 5.75 Å². The molecule has 0 bridgehead atoms. The number of rotatable bonds is 7. The SMILES string of the molecule is COc1ccc(COC(=O)C2=CS[C@@H]3/C(=C\c4cn(CCO)nn4)C(=O)N23)cc1. The molecule has 9 nitrogen and oxygen atoms in total. The highest BCUT2D eigenvalue weighted by Gasteiger charge is 2.49. The zero-order valence-corrected chi connectivity index (χ0v) is 16.3. The van der Waals surface area contributed by atoms with E-state index in [-0.39, 0.29) is 30.2 Å². The average molecular weight is 414 g/mol. The van der Waals surface area contributed by atoms with E-state index in [2.05, 4.69) is 10.3 Å². The number of aliphatic hydroxyl groups is 1. The lowest BCUT2D eigenvalue weighted by molar-refractivity contribution is -0.146. The topological polar surface area (TPSA) is 107 Å². The number of aromatic nitrogens is 3. The van der Waals surface area contributed by atoms with Gasteiger partial charge in [-0.2, -0.15) is 0 Å². The zero-order valence-electron chi connectivity index (χ0n) is 15.5. The van der Waals surface area contributed by atoms with Gasteiger partial charge in [0.15, 0.2) is 0 Å². The summed E-state index contributed by atoms with van der Waals surface area (Å²) in [6, 6.07) is 7.20. The van der Waals surface area contributed by atoms with Crippen LogP contribution >= 0.6 is 11.8 Å². The number of esters is 1. The molecular formula is C19H18N4O5S. The van der Waals surface area contributed by atoms with Crippen LogP contribution in [0.25, 0.3) is 6.08 Å². The third kappa shape index (κ3) is 3.76. The van der Waals surface area contributed by atoms with Gasteiger partial charge in [-0.3, -0.25) is 9.69 Å². The molecule has 4 rings (SSSR count). The zero-order chi connectivity index (χ0) is 20.4. The highest BCUT2D eigenvalue weighted by atomic mass is 32.2. The number of aliphatic hydroxyl groups excluding tert-OH is 1. The van der Waals surface area contributed by atoms with E-state index in [4.69, 9.17) is 14.6 Å². The highest BCUT2D eigenvalue weighted by molar-refractivity contribution is 8.03. The van der Waals surface area contributed by atoms with Crippen LogP contribution in [0.1, 0.15) is 11.3 Å². The number of carbonyl (C=O) groups excluding carboxylic acids is 2. The molecule has 150 valence electrons. The Kier molecular flexibility index (Phi) is 5.36. The van der Waals surface area contributed by atoms with E-state index in [1.165, 1.54) is 21.3 Å². The molecule has 1 saturated heterocycles. The van der Waals surface area contributed by atoms with Crippen LogP contribution in [-0.2, 0) is 27.5 Å². The van der Waals surface area contributed by atoms with E-state index in [1.54, 1.807) is 36.9 Å². The van der Waals surface area contributed by atoms with E-state index in [0.29, 0.717) is 17.8 Å². The minimum absolute atomic E-state index is 0.0452. The highest BCUT2D eigenvalue weighted by Crippen LogP contribution is 2.45. The van der Waals surface area contributed by atoms with Gasteiger partial charge in [0.05, 0.1) is 32.0 Å². The number of fused-ring (bicyclic) bond motifs is 1. The Morgan fingerprint density at radius 3 is 2.86 bits per heavy atom. The van der Waals surface area contributed by atoms with Gasteiger partial charge in [0.1, 0.15) is 29.1 Å². The number of amides is 1. The van der Waals surface area contributed by atoms with Crippen LogP contribution in [0, 0.1) is 0 Å². The van der Waals surface area contributed by atoms with Crippen LogP contribution < -0.4 is 4.74 Å². The van der Waals surface area contributed by atoms with Gasteiger partial charge in [0.25, 0.3) is 5.91 Å². The summed E-state index contributed by atoms with van der Waals surface area (Å²) in [5.74, 6) is -0.0823. The molecule has 2 aliphatic rings. The molecule has 1 aromatic heterocycles. The van der Waals surface area contributed by atoms with E-state index >= 15 is 0 Å². The van der Waals surface area contributed by atoms with Gasteiger partial charge in [-0.15, -0.1) is 16.9 Å². The molecule has 1 fully saturated rings. The Bertz CT molecular complexity index is 998. The van der Waals surface area contributed by atoms with Crippen LogP contribution in [-0.4, -0.2) is 56.0 Å². The van der Waals surface area contributed by atoms with Gasteiger partial charge in [0.2, 0.25) is 0 Å². The van der Waals surface area contributed by atoms with Crippen molar-refractivity contribution in [2.24, 2.45) is 0 Å². The third-order valence-corrected chi connectivity index (χ3v) is 5.54. The first-order valence-electron chi connectivity index (χ1n) is 8.82. The van der Waals surface area contributed by atoms with Crippen LogP contribution in [0.15, 0.2) is 47.1 Å². The third-order valence-electron chi connectivity index (χ3n) is 4.46. The monoisotopic (exact) mass is 414 g/mol. The molecule has 0 unspecified atom stereocenters. The van der Waals surface area contributed by atoms with Crippen LogP contribution in [0.3, 0.4) is 0 Å². The fourth-order valence-electron chi connectivity index (χ4n) is 2.95. The number of ether oxygens (including phenoxy) is 2. The minimum Gasteiger partial charge on any atom is -0.497 e. The van der Waals surface area contributed by atoms with Crippen molar-refractivity contribution in [2.45, 2.75) is 18.5 Å². The molecule has 10 heteroatoms. The molecule has 1 atom stereocenters. The molecule has 1 aromatic carbocycles. The normalized spacial score (nSPS) is 19.0. The lowest BCUT2D eigenvalue weighted by Gasteiger charge is -2.37. The molecule has 29 heavy (non-hydrogen) atoms. The van der Waals surface area contributed by atoms with E-state index in [0.717, 1.165) is 11.3 Å². The van der Waals surface area contributed by atoms with Gasteiger partial charge in [-0.1, -0.05) is 17.3 Å². The predicted octanol–water partition coefficient (Wildman–Crippen LogP) is 1.16. The van der Waals surface area contributed by atoms with Crippen molar-refractivity contribution >= 4 is 29.7 Å². The molecule has 0 aliphatic carbocycles. The Morgan fingerprint density at radius 1 is 1.34 bits per heavy atom. The second-order valence-corrected chi connectivity index (χ2v) is 7.28. The second-order valence-electron chi connectivity index (χ2n) is 6.32. The largest absolute Gasteiger partial charge is 0.497 e. The van der Waals surface area contributed by atoms with Gasteiger partial charge >= 0.3 is 5.97 Å². The number of nitrogens with zero attached hydrogens (tertiary/aromatic N) is 4. The van der Waals surface area contributed by atoms with Crippen LogP contribution in [0.2, 0.25) is 0 Å². The number of hydrogen-bond acceptors (Lipinski definition) is 8. The summed E-state index contributed by atoms with van der Waals surface area (Å²) < 4.78 is 11.9. The fourth-order valence-corrected chi connectivity index (χ4v) is 4.07. The van der Waals surface area contributed by atoms with Crippen molar-refractivity contribution in [1.82, 2.24) is 19.9 Å². The molecule has 0 saturated carbocycles. The number of β-lactam (4-membered cyclic amide) rings is 1. The maximum Gasteiger partial charge on any atom is 0.355 e. The fraction of sp³-hybridized carbons (Fsp3) is 0.263. The summed E-state index contributed by atoms with van der Waals surface area (Å²) in [4.78, 5) is 26.4. The van der Waals surface area contributed by atoms with E-state index in [9.17, 15) is 9.59 Å². The molecule has 2 aliphatic heterocycles. The van der Waals surface area contributed by atoms with E-state index in [1.807, 2.05) is 12.1 Å². The summed E-state index contributed by atoms with van der Waals surface area (Å²) in [5.41, 5.74) is 2.13. The summed E-state index contributed by atoms with van der Waals surface area (Å²) >= 11 is 1.37. The van der Waals surface area contributed by atoms with Crippen molar-refractivity contribution in [1.29, 1.82) is 0 Å². The number of methoxy groups -OCH3 is 1. The number of benzene rings is 1. The number of hydrogen-bond donors (Lipinski definition) is 1. The Labute approximate surface area is 170 Å². The molecular weight excluding hydrogens is 396 g/mol. The summed E-state index contributed by atoms with van der Waals surface area (Å²) in [7, 11) is 1.58. The first kappa shape index (κ1) is 19.2. The second kappa shape index (κ2) is 8.10. The predicted molar refractivity (Wildman–Crippen MR) is 104 cm³/mol. The van der Waals surface area contributed by atoms with Crippen molar-refractivity contribution in [3.63, 3.8) is 0 Å². The lowest BCUT2D eigenvalue weighted by atomic mass is 10.0. The van der Waals surface area contributed by atoms with E-state index < -0.39 is 5.97 Å². The maximum atomic E-state index is 12.5. The Morgan fingerprint density at radius 2 is 2.14 bits per heavy atom. The smallest absolute Gasteiger partial charge is 0.355 e. The standard InChI is InChI=1S/C19H18N4O5S/c1-27-14-4-2-12(3-5-14)10-28-19(26)16-11-29-18-15(17(25)23(16)18)8-13-9-22(6-7-24)21-20-13/h2-5,8-9,11,18,24H,6-7,10H2,1H3/b15-8-/t18-/m1/s1. The maximum absolute atomic E-state index is 12.5. The average Bonchev–Trinajstić information content (AvgIpc) is 3.35. The minimum atomic E-state index is -0.544. The molecule has 1 amide bonds. The van der Waals surface area contributed by atoms with Gasteiger partial charge in [0, 0.05) is 5.41 Å². The van der Waals surface area contributed by atoms with Gasteiger partial charge in [-0.05, 0) is 23.8 Å². The van der Waals surface area contributed by atoms with Crippen molar-refractivity contribution in [3.05, 3.63) is 58.4 Å². The summed E-state index contributed by atoms with van der Waals surface area (Å²) in [6.45, 7) is 0.394. The molecule has 0 radical (unpaired) electrons. The van der Waals surface area contributed by atoms with Crippen LogP contribution in [0.5, 0.6) is 5.75 Å². The Balaban J connectivity index is 1.37. The van der Waals surface area contributed by atoms with Crippen molar-refractivity contribution in [2.75, 3.05) is 13.7 Å².